The van der Waals surface area contributed by atoms with E-state index in [1.165, 1.54) is 12.0 Å². The molecule has 0 spiro atoms. The van der Waals surface area contributed by atoms with Crippen molar-refractivity contribution >= 4 is 11.7 Å². The van der Waals surface area contributed by atoms with Gasteiger partial charge in [-0.2, -0.15) is 5.10 Å². The highest BCUT2D eigenvalue weighted by Crippen LogP contribution is 2.33. The molecule has 0 aromatic carbocycles. The molecular weight excluding hydrogens is 338 g/mol. The Morgan fingerprint density at radius 3 is 2.56 bits per heavy atom. The van der Waals surface area contributed by atoms with Crippen LogP contribution in [0.3, 0.4) is 0 Å². The molecule has 1 unspecified atom stereocenters. The van der Waals surface area contributed by atoms with Gasteiger partial charge in [-0.1, -0.05) is 6.07 Å². The molecule has 1 amide bonds. The van der Waals surface area contributed by atoms with Crippen LogP contribution in [-0.2, 0) is 11.8 Å². The number of carbonyl (C=O) groups is 1. The Morgan fingerprint density at radius 1 is 1.07 bits per heavy atom. The average Bonchev–Trinajstić information content (AvgIpc) is 3.14. The molecule has 1 atom stereocenters. The summed E-state index contributed by atoms with van der Waals surface area (Å²) in [5.41, 5.74) is 2.33. The van der Waals surface area contributed by atoms with Gasteiger partial charge in [0.05, 0.1) is 11.7 Å². The van der Waals surface area contributed by atoms with Crippen molar-refractivity contribution in [3.63, 3.8) is 0 Å². The van der Waals surface area contributed by atoms with Crippen molar-refractivity contribution < 1.29 is 4.79 Å². The molecule has 0 bridgehead atoms. The number of aryl methyl sites for hydroxylation is 2. The minimum atomic E-state index is 0.125. The molecule has 0 N–H and O–H groups in total. The third-order valence-corrected chi connectivity index (χ3v) is 6.05. The van der Waals surface area contributed by atoms with Crippen LogP contribution in [0.2, 0.25) is 0 Å². The van der Waals surface area contributed by atoms with E-state index in [0.29, 0.717) is 5.91 Å². The van der Waals surface area contributed by atoms with Crippen LogP contribution >= 0.6 is 0 Å². The van der Waals surface area contributed by atoms with E-state index in [4.69, 9.17) is 0 Å². The molecule has 2 aliphatic heterocycles. The summed E-state index contributed by atoms with van der Waals surface area (Å²) < 4.78 is 1.92. The van der Waals surface area contributed by atoms with Gasteiger partial charge in [0.15, 0.2) is 0 Å². The highest BCUT2D eigenvalue weighted by atomic mass is 16.2. The number of hydrogen-bond donors (Lipinski definition) is 0. The number of carbonyl (C=O) groups excluding carboxylic acids is 1. The molecule has 2 aromatic heterocycles. The number of piperidine rings is 2. The molecule has 4 heterocycles. The lowest BCUT2D eigenvalue weighted by Crippen LogP contribution is -2.46. The predicted octanol–water partition coefficient (Wildman–Crippen LogP) is 3.09. The number of anilines is 1. The number of likely N-dealkylation sites (tertiary alicyclic amines) is 1. The van der Waals surface area contributed by atoms with E-state index in [9.17, 15) is 4.79 Å². The SMILES string of the molecule is Cc1ccc(N2CCC(C(=O)N3CCCCC3c3ccnn3C)CC2)nc1. The first kappa shape index (κ1) is 18.0. The van der Waals surface area contributed by atoms with Crippen molar-refractivity contribution in [3.8, 4) is 0 Å². The molecule has 0 aliphatic carbocycles. The van der Waals surface area contributed by atoms with Crippen molar-refractivity contribution in [2.45, 2.75) is 45.1 Å². The van der Waals surface area contributed by atoms with E-state index in [1.807, 2.05) is 24.1 Å². The van der Waals surface area contributed by atoms with Gasteiger partial charge >= 0.3 is 0 Å². The smallest absolute Gasteiger partial charge is 0.226 e. The van der Waals surface area contributed by atoms with Crippen LogP contribution in [0.5, 0.6) is 0 Å². The second kappa shape index (κ2) is 7.71. The summed E-state index contributed by atoms with van der Waals surface area (Å²) in [5, 5.41) is 4.31. The zero-order chi connectivity index (χ0) is 18.8. The van der Waals surface area contributed by atoms with Crippen LogP contribution in [0, 0.1) is 12.8 Å². The minimum absolute atomic E-state index is 0.125. The molecule has 144 valence electrons. The molecule has 2 fully saturated rings. The molecule has 0 saturated carbocycles. The molecule has 2 saturated heterocycles. The van der Waals surface area contributed by atoms with Gasteiger partial charge in [0, 0.05) is 45.0 Å². The van der Waals surface area contributed by atoms with E-state index in [2.05, 4.69) is 45.0 Å². The molecule has 4 rings (SSSR count). The lowest BCUT2D eigenvalue weighted by Gasteiger charge is -2.40. The fraction of sp³-hybridized carbons (Fsp3) is 0.571. The maximum absolute atomic E-state index is 13.3. The van der Waals surface area contributed by atoms with Gasteiger partial charge in [0.2, 0.25) is 5.91 Å². The maximum atomic E-state index is 13.3. The minimum Gasteiger partial charge on any atom is -0.357 e. The summed E-state index contributed by atoms with van der Waals surface area (Å²) >= 11 is 0. The van der Waals surface area contributed by atoms with E-state index in [-0.39, 0.29) is 12.0 Å². The first-order chi connectivity index (χ1) is 13.1. The summed E-state index contributed by atoms with van der Waals surface area (Å²) in [7, 11) is 1.97. The van der Waals surface area contributed by atoms with Gasteiger partial charge in [-0.15, -0.1) is 0 Å². The number of rotatable bonds is 3. The first-order valence-electron chi connectivity index (χ1n) is 10.1. The Labute approximate surface area is 161 Å². The van der Waals surface area contributed by atoms with Crippen molar-refractivity contribution in [3.05, 3.63) is 41.9 Å². The van der Waals surface area contributed by atoms with Crippen molar-refractivity contribution in [1.82, 2.24) is 19.7 Å². The summed E-state index contributed by atoms with van der Waals surface area (Å²) in [6.07, 6.45) is 8.88. The standard InChI is InChI=1S/C21H29N5O/c1-16-6-7-20(22-15-16)25-13-9-17(10-14-25)21(27)26-12-4-3-5-19(26)18-8-11-23-24(18)2/h6-8,11,15,17,19H,3-5,9-10,12-14H2,1-2H3. The highest BCUT2D eigenvalue weighted by Gasteiger charge is 2.35. The van der Waals surface area contributed by atoms with Crippen LogP contribution in [0.4, 0.5) is 5.82 Å². The van der Waals surface area contributed by atoms with Crippen molar-refractivity contribution in [1.29, 1.82) is 0 Å². The Kier molecular flexibility index (Phi) is 5.14. The van der Waals surface area contributed by atoms with E-state index < -0.39 is 0 Å². The third kappa shape index (κ3) is 3.70. The van der Waals surface area contributed by atoms with Gasteiger partial charge in [-0.05, 0) is 56.7 Å². The van der Waals surface area contributed by atoms with E-state index in [1.54, 1.807) is 0 Å². The van der Waals surface area contributed by atoms with Crippen LogP contribution in [0.25, 0.3) is 0 Å². The fourth-order valence-electron chi connectivity index (χ4n) is 4.45. The van der Waals surface area contributed by atoms with Gasteiger partial charge < -0.3 is 9.80 Å². The second-order valence-electron chi connectivity index (χ2n) is 7.88. The molecule has 27 heavy (non-hydrogen) atoms. The van der Waals surface area contributed by atoms with Crippen LogP contribution in [0.1, 0.15) is 49.4 Å². The van der Waals surface area contributed by atoms with Gasteiger partial charge in [0.25, 0.3) is 0 Å². The van der Waals surface area contributed by atoms with E-state index >= 15 is 0 Å². The van der Waals surface area contributed by atoms with Gasteiger partial charge in [-0.3, -0.25) is 9.48 Å². The lowest BCUT2D eigenvalue weighted by molar-refractivity contribution is -0.140. The average molecular weight is 367 g/mol. The Balaban J connectivity index is 1.42. The zero-order valence-electron chi connectivity index (χ0n) is 16.3. The van der Waals surface area contributed by atoms with E-state index in [0.717, 1.165) is 56.8 Å². The van der Waals surface area contributed by atoms with Gasteiger partial charge in [-0.25, -0.2) is 4.98 Å². The summed E-state index contributed by atoms with van der Waals surface area (Å²) in [6, 6.07) is 6.42. The molecule has 0 radical (unpaired) electrons. The molecule has 2 aromatic rings. The van der Waals surface area contributed by atoms with Crippen LogP contribution < -0.4 is 4.90 Å². The number of amides is 1. The third-order valence-electron chi connectivity index (χ3n) is 6.05. The Morgan fingerprint density at radius 2 is 1.89 bits per heavy atom. The first-order valence-corrected chi connectivity index (χ1v) is 10.1. The van der Waals surface area contributed by atoms with Crippen LogP contribution in [0.15, 0.2) is 30.6 Å². The van der Waals surface area contributed by atoms with Crippen LogP contribution in [-0.4, -0.2) is 45.2 Å². The quantitative estimate of drug-likeness (QED) is 0.836. The summed E-state index contributed by atoms with van der Waals surface area (Å²) in [4.78, 5) is 22.3. The maximum Gasteiger partial charge on any atom is 0.226 e. The molecule has 2 aliphatic rings. The lowest BCUT2D eigenvalue weighted by atomic mass is 9.91. The van der Waals surface area contributed by atoms with Gasteiger partial charge in [0.1, 0.15) is 5.82 Å². The summed E-state index contributed by atoms with van der Waals surface area (Å²) in [5.74, 6) is 1.48. The Bertz CT molecular complexity index is 776. The number of nitrogens with zero attached hydrogens (tertiary/aromatic N) is 5. The normalized spacial score (nSPS) is 21.5. The second-order valence-corrected chi connectivity index (χ2v) is 7.88. The molecular formula is C21H29N5O. The van der Waals surface area contributed by atoms with Crippen molar-refractivity contribution in [2.75, 3.05) is 24.5 Å². The zero-order valence-corrected chi connectivity index (χ0v) is 16.3. The predicted molar refractivity (Wildman–Crippen MR) is 105 cm³/mol. The monoisotopic (exact) mass is 367 g/mol. The Hall–Kier alpha value is -2.37. The number of aromatic nitrogens is 3. The topological polar surface area (TPSA) is 54.3 Å². The molecule has 6 heteroatoms. The highest BCUT2D eigenvalue weighted by molar-refractivity contribution is 5.79. The fourth-order valence-corrected chi connectivity index (χ4v) is 4.45. The summed E-state index contributed by atoms with van der Waals surface area (Å²) in [6.45, 7) is 4.72. The van der Waals surface area contributed by atoms with Crippen molar-refractivity contribution in [2.24, 2.45) is 13.0 Å². The molecule has 6 nitrogen and oxygen atoms in total. The number of pyridine rings is 1. The number of hydrogen-bond acceptors (Lipinski definition) is 4. The largest absolute Gasteiger partial charge is 0.357 e.